The Bertz CT molecular complexity index is 997. The van der Waals surface area contributed by atoms with E-state index < -0.39 is 35.1 Å². The van der Waals surface area contributed by atoms with Crippen LogP contribution in [0.3, 0.4) is 0 Å². The van der Waals surface area contributed by atoms with Crippen LogP contribution in [0.15, 0.2) is 24.3 Å². The van der Waals surface area contributed by atoms with Crippen LogP contribution in [0.5, 0.6) is 5.75 Å². The average molecular weight is 488 g/mol. The number of aliphatic hydroxyl groups excluding tert-OH is 1. The van der Waals surface area contributed by atoms with Crippen LogP contribution in [0.4, 0.5) is 5.69 Å². The number of rotatable bonds is 8. The molecule has 0 aromatic heterocycles. The summed E-state index contributed by atoms with van der Waals surface area (Å²) in [6.45, 7) is 11.4. The van der Waals surface area contributed by atoms with Crippen molar-refractivity contribution >= 4 is 23.4 Å². The first-order valence-corrected chi connectivity index (χ1v) is 12.5. The molecule has 3 heterocycles. The Balaban J connectivity index is 1.71. The van der Waals surface area contributed by atoms with E-state index in [1.807, 2.05) is 34.6 Å². The summed E-state index contributed by atoms with van der Waals surface area (Å²) in [5.74, 6) is -1.91. The van der Waals surface area contributed by atoms with Gasteiger partial charge in [0.2, 0.25) is 17.7 Å². The van der Waals surface area contributed by atoms with Gasteiger partial charge in [-0.15, -0.1) is 0 Å². The fraction of sp³-hybridized carbons (Fsp3) is 0.654. The summed E-state index contributed by atoms with van der Waals surface area (Å²) in [6, 6.07) is 5.43. The monoisotopic (exact) mass is 487 g/mol. The number of benzene rings is 1. The molecule has 35 heavy (non-hydrogen) atoms. The number of hydrogen-bond donors (Lipinski definition) is 3. The zero-order valence-corrected chi connectivity index (χ0v) is 21.3. The minimum Gasteiger partial charge on any atom is -0.494 e. The van der Waals surface area contributed by atoms with Crippen molar-refractivity contribution in [3.63, 3.8) is 0 Å². The van der Waals surface area contributed by atoms with E-state index in [1.54, 1.807) is 31.2 Å². The predicted octanol–water partition coefficient (Wildman–Crippen LogP) is 1.94. The maximum absolute atomic E-state index is 13.9. The van der Waals surface area contributed by atoms with Crippen molar-refractivity contribution in [2.45, 2.75) is 77.3 Å². The number of likely N-dealkylation sites (tertiary alicyclic amines) is 1. The van der Waals surface area contributed by atoms with Gasteiger partial charge in [0.15, 0.2) is 0 Å². The highest BCUT2D eigenvalue weighted by atomic mass is 16.5. The second kappa shape index (κ2) is 9.09. The molecule has 3 unspecified atom stereocenters. The lowest BCUT2D eigenvalue weighted by molar-refractivity contribution is -0.149. The van der Waals surface area contributed by atoms with Gasteiger partial charge in [0.05, 0.1) is 36.7 Å². The van der Waals surface area contributed by atoms with Crippen molar-refractivity contribution in [1.29, 1.82) is 0 Å². The normalized spacial score (nSPS) is 34.2. The highest BCUT2D eigenvalue weighted by Gasteiger charge is 2.80. The maximum atomic E-state index is 13.9. The quantitative estimate of drug-likeness (QED) is 0.516. The number of hydrogen-bond acceptors (Lipinski definition) is 6. The zero-order chi connectivity index (χ0) is 25.7. The Hall–Kier alpha value is -2.65. The Morgan fingerprint density at radius 3 is 2.46 bits per heavy atom. The number of nitrogens with zero attached hydrogens (tertiary/aromatic N) is 1. The molecule has 7 atom stereocenters. The van der Waals surface area contributed by atoms with Crippen molar-refractivity contribution in [3.8, 4) is 5.75 Å². The molecular weight excluding hydrogens is 450 g/mol. The van der Waals surface area contributed by atoms with E-state index >= 15 is 0 Å². The highest BCUT2D eigenvalue weighted by molar-refractivity contribution is 6.02. The fourth-order valence-electron chi connectivity index (χ4n) is 6.32. The third-order valence-corrected chi connectivity index (χ3v) is 7.89. The molecule has 3 N–H and O–H groups in total. The van der Waals surface area contributed by atoms with Gasteiger partial charge in [0.25, 0.3) is 0 Å². The summed E-state index contributed by atoms with van der Waals surface area (Å²) in [5.41, 5.74) is -1.44. The first-order valence-electron chi connectivity index (χ1n) is 12.5. The fourth-order valence-corrected chi connectivity index (χ4v) is 6.32. The largest absolute Gasteiger partial charge is 0.494 e. The summed E-state index contributed by atoms with van der Waals surface area (Å²) in [4.78, 5) is 42.5. The first kappa shape index (κ1) is 25.4. The van der Waals surface area contributed by atoms with Gasteiger partial charge in [-0.2, -0.15) is 0 Å². The number of amides is 3. The number of fused-ring (bicyclic) bond motifs is 1. The standard InChI is InChI=1S/C26H37N3O6/c1-7-34-18-10-8-17(9-11-18)28-22(31)19-20-24(33)29(16(5)13-30)21(23(32)27-14(2)3)26(20)12-15(4)25(19,6)35-26/h8-11,14-16,19-21,30H,7,12-13H2,1-6H3,(H,27,32)(H,28,31)/t15?,16-,19-,20+,21?,25+,26?/m1/s1. The Labute approximate surface area is 206 Å². The zero-order valence-electron chi connectivity index (χ0n) is 21.3. The minimum absolute atomic E-state index is 0.0543. The smallest absolute Gasteiger partial charge is 0.246 e. The molecule has 1 aromatic rings. The van der Waals surface area contributed by atoms with E-state index in [1.165, 1.54) is 4.90 Å². The van der Waals surface area contributed by atoms with Gasteiger partial charge in [-0.25, -0.2) is 0 Å². The summed E-state index contributed by atoms with van der Waals surface area (Å²) < 4.78 is 12.1. The van der Waals surface area contributed by atoms with E-state index in [2.05, 4.69) is 10.6 Å². The summed E-state index contributed by atoms with van der Waals surface area (Å²) in [7, 11) is 0. The van der Waals surface area contributed by atoms with Crippen LogP contribution in [0, 0.1) is 17.8 Å². The molecule has 1 spiro atoms. The lowest BCUT2D eigenvalue weighted by Crippen LogP contribution is -2.58. The van der Waals surface area contributed by atoms with Gasteiger partial charge in [0, 0.05) is 11.7 Å². The molecular formula is C26H37N3O6. The van der Waals surface area contributed by atoms with Crippen molar-refractivity contribution in [2.24, 2.45) is 17.8 Å². The molecule has 0 radical (unpaired) electrons. The van der Waals surface area contributed by atoms with Gasteiger partial charge in [0.1, 0.15) is 17.4 Å². The van der Waals surface area contributed by atoms with Gasteiger partial charge >= 0.3 is 0 Å². The predicted molar refractivity (Wildman–Crippen MR) is 130 cm³/mol. The molecule has 0 saturated carbocycles. The molecule has 9 heteroatoms. The minimum atomic E-state index is -1.13. The van der Waals surface area contributed by atoms with E-state index in [9.17, 15) is 19.5 Å². The second-order valence-corrected chi connectivity index (χ2v) is 10.6. The van der Waals surface area contributed by atoms with Crippen LogP contribution in [0.25, 0.3) is 0 Å². The number of aliphatic hydroxyl groups is 1. The molecule has 4 rings (SSSR count). The average Bonchev–Trinajstić information content (AvgIpc) is 3.31. The topological polar surface area (TPSA) is 117 Å². The maximum Gasteiger partial charge on any atom is 0.246 e. The van der Waals surface area contributed by atoms with Gasteiger partial charge in [-0.1, -0.05) is 6.92 Å². The third kappa shape index (κ3) is 3.89. The molecule has 3 fully saturated rings. The molecule has 3 aliphatic heterocycles. The SMILES string of the molecule is CCOc1ccc(NC(=O)[C@H]2[C@H]3C(=O)N([C@H](C)CO)C(C(=O)NC(C)C)C34CC(C)[C@]2(C)O4)cc1. The number of anilines is 1. The first-order chi connectivity index (χ1) is 16.5. The number of carbonyl (C=O) groups is 3. The van der Waals surface area contributed by atoms with Crippen molar-refractivity contribution in [3.05, 3.63) is 24.3 Å². The number of carbonyl (C=O) groups excluding carboxylic acids is 3. The van der Waals surface area contributed by atoms with Crippen LogP contribution in [-0.2, 0) is 19.1 Å². The van der Waals surface area contributed by atoms with Crippen LogP contribution in [-0.4, -0.2) is 70.3 Å². The summed E-state index contributed by atoms with van der Waals surface area (Å²) in [5, 5.41) is 15.8. The lowest BCUT2D eigenvalue weighted by Gasteiger charge is -2.36. The molecule has 3 amide bonds. The molecule has 3 saturated heterocycles. The van der Waals surface area contributed by atoms with Gasteiger partial charge < -0.3 is 30.1 Å². The molecule has 3 aliphatic rings. The second-order valence-electron chi connectivity index (χ2n) is 10.6. The van der Waals surface area contributed by atoms with E-state index in [-0.39, 0.29) is 36.3 Å². The third-order valence-electron chi connectivity index (χ3n) is 7.89. The Kier molecular flexibility index (Phi) is 6.61. The van der Waals surface area contributed by atoms with Gasteiger partial charge in [-0.3, -0.25) is 14.4 Å². The van der Waals surface area contributed by atoms with Crippen molar-refractivity contribution < 1.29 is 29.0 Å². The Morgan fingerprint density at radius 1 is 1.23 bits per heavy atom. The molecule has 192 valence electrons. The van der Waals surface area contributed by atoms with Crippen LogP contribution < -0.4 is 15.4 Å². The van der Waals surface area contributed by atoms with Crippen LogP contribution in [0.1, 0.15) is 48.0 Å². The van der Waals surface area contributed by atoms with Crippen molar-refractivity contribution in [1.82, 2.24) is 10.2 Å². The van der Waals surface area contributed by atoms with E-state index in [0.717, 1.165) is 0 Å². The Morgan fingerprint density at radius 2 is 1.89 bits per heavy atom. The molecule has 1 aromatic carbocycles. The lowest BCUT2D eigenvalue weighted by atomic mass is 9.62. The van der Waals surface area contributed by atoms with E-state index in [4.69, 9.17) is 9.47 Å². The molecule has 9 nitrogen and oxygen atoms in total. The van der Waals surface area contributed by atoms with Crippen molar-refractivity contribution in [2.75, 3.05) is 18.5 Å². The number of nitrogens with one attached hydrogen (secondary N) is 2. The summed E-state index contributed by atoms with van der Waals surface area (Å²) in [6.07, 6.45) is 0.484. The van der Waals surface area contributed by atoms with Gasteiger partial charge in [-0.05, 0) is 71.2 Å². The molecule has 2 bridgehead atoms. The number of ether oxygens (including phenoxy) is 2. The highest BCUT2D eigenvalue weighted by Crippen LogP contribution is 2.65. The van der Waals surface area contributed by atoms with E-state index in [0.29, 0.717) is 24.5 Å². The molecule has 0 aliphatic carbocycles. The van der Waals surface area contributed by atoms with Crippen LogP contribution in [0.2, 0.25) is 0 Å². The summed E-state index contributed by atoms with van der Waals surface area (Å²) >= 11 is 0. The van der Waals surface area contributed by atoms with Crippen LogP contribution >= 0.6 is 0 Å².